The molecule has 1 rings (SSSR count). The standard InChI is InChI=1S/C7H11NO3S2/c1-6(5-9)8-13(10,11)7-3-2-4-12-7/h2-4,6,8-9H,5H2,1H3/t6-/m1/s1. The van der Waals surface area contributed by atoms with Crippen LogP contribution in [0.5, 0.6) is 0 Å². The van der Waals surface area contributed by atoms with Crippen LogP contribution in [-0.4, -0.2) is 26.2 Å². The summed E-state index contributed by atoms with van der Waals surface area (Å²) in [4.78, 5) is 0. The van der Waals surface area contributed by atoms with Gasteiger partial charge in [0.2, 0.25) is 10.0 Å². The van der Waals surface area contributed by atoms with Crippen molar-refractivity contribution in [3.8, 4) is 0 Å². The summed E-state index contributed by atoms with van der Waals surface area (Å²) in [5, 5.41) is 10.4. The quantitative estimate of drug-likeness (QED) is 0.773. The number of aliphatic hydroxyl groups excluding tert-OH is 1. The molecular formula is C7H11NO3S2. The second kappa shape index (κ2) is 4.19. The van der Waals surface area contributed by atoms with Crippen molar-refractivity contribution in [1.82, 2.24) is 4.72 Å². The van der Waals surface area contributed by atoms with E-state index in [1.807, 2.05) is 0 Å². The Labute approximate surface area is 81.3 Å². The molecule has 0 aliphatic carbocycles. The zero-order valence-corrected chi connectivity index (χ0v) is 8.73. The summed E-state index contributed by atoms with van der Waals surface area (Å²) >= 11 is 1.15. The van der Waals surface area contributed by atoms with Crippen molar-refractivity contribution in [2.45, 2.75) is 17.2 Å². The fraction of sp³-hybridized carbons (Fsp3) is 0.429. The van der Waals surface area contributed by atoms with E-state index in [2.05, 4.69) is 4.72 Å². The molecule has 0 bridgehead atoms. The Hall–Kier alpha value is -0.430. The lowest BCUT2D eigenvalue weighted by Crippen LogP contribution is -2.34. The minimum absolute atomic E-state index is 0.204. The van der Waals surface area contributed by atoms with Gasteiger partial charge in [0.25, 0.3) is 0 Å². The Bertz CT molecular complexity index is 344. The zero-order chi connectivity index (χ0) is 9.90. The van der Waals surface area contributed by atoms with Gasteiger partial charge >= 0.3 is 0 Å². The summed E-state index contributed by atoms with van der Waals surface area (Å²) in [5.41, 5.74) is 0. The topological polar surface area (TPSA) is 66.4 Å². The van der Waals surface area contributed by atoms with Gasteiger partial charge in [0, 0.05) is 6.04 Å². The van der Waals surface area contributed by atoms with Crippen LogP contribution in [0.25, 0.3) is 0 Å². The molecule has 13 heavy (non-hydrogen) atoms. The van der Waals surface area contributed by atoms with Crippen LogP contribution >= 0.6 is 11.3 Å². The number of hydrogen-bond acceptors (Lipinski definition) is 4. The molecule has 4 nitrogen and oxygen atoms in total. The molecule has 0 radical (unpaired) electrons. The summed E-state index contributed by atoms with van der Waals surface area (Å²) in [6.45, 7) is 1.40. The fourth-order valence-corrected chi connectivity index (χ4v) is 3.02. The Morgan fingerprint density at radius 1 is 1.69 bits per heavy atom. The Kier molecular flexibility index (Phi) is 3.43. The van der Waals surface area contributed by atoms with E-state index in [1.54, 1.807) is 18.4 Å². The molecule has 0 aromatic carbocycles. The molecule has 1 aromatic rings. The summed E-state index contributed by atoms with van der Waals surface area (Å²) in [6, 6.07) is 2.74. The van der Waals surface area contributed by atoms with Crippen LogP contribution < -0.4 is 4.72 Å². The summed E-state index contributed by atoms with van der Waals surface area (Å²) < 4.78 is 25.5. The van der Waals surface area contributed by atoms with E-state index in [-0.39, 0.29) is 10.8 Å². The van der Waals surface area contributed by atoms with Crippen LogP contribution in [0.1, 0.15) is 6.92 Å². The van der Waals surface area contributed by atoms with E-state index < -0.39 is 16.1 Å². The Balaban J connectivity index is 2.79. The van der Waals surface area contributed by atoms with Gasteiger partial charge in [-0.1, -0.05) is 6.07 Å². The predicted octanol–water partition coefficient (Wildman–Crippen LogP) is 0.407. The van der Waals surface area contributed by atoms with Crippen molar-refractivity contribution in [3.05, 3.63) is 17.5 Å². The van der Waals surface area contributed by atoms with Gasteiger partial charge in [0.1, 0.15) is 4.21 Å². The van der Waals surface area contributed by atoms with E-state index >= 15 is 0 Å². The van der Waals surface area contributed by atoms with Crippen LogP contribution in [0.3, 0.4) is 0 Å². The second-order valence-electron chi connectivity index (χ2n) is 2.64. The van der Waals surface area contributed by atoms with Gasteiger partial charge in [0.05, 0.1) is 6.61 Å². The lowest BCUT2D eigenvalue weighted by Gasteiger charge is -2.09. The van der Waals surface area contributed by atoms with Crippen molar-refractivity contribution in [2.24, 2.45) is 0 Å². The highest BCUT2D eigenvalue weighted by Crippen LogP contribution is 2.15. The van der Waals surface area contributed by atoms with Crippen molar-refractivity contribution in [1.29, 1.82) is 0 Å². The van der Waals surface area contributed by atoms with Crippen molar-refractivity contribution in [3.63, 3.8) is 0 Å². The molecule has 74 valence electrons. The zero-order valence-electron chi connectivity index (χ0n) is 7.10. The first-order chi connectivity index (χ1) is 6.06. The Morgan fingerprint density at radius 3 is 2.85 bits per heavy atom. The molecule has 0 aliphatic rings. The molecule has 0 saturated carbocycles. The van der Waals surface area contributed by atoms with Crippen LogP contribution in [0.4, 0.5) is 0 Å². The Morgan fingerprint density at radius 2 is 2.38 bits per heavy atom. The average molecular weight is 221 g/mol. The summed E-state index contributed by atoms with van der Waals surface area (Å²) in [7, 11) is -3.42. The first kappa shape index (κ1) is 10.6. The predicted molar refractivity (Wildman–Crippen MR) is 51.2 cm³/mol. The molecule has 1 atom stereocenters. The second-order valence-corrected chi connectivity index (χ2v) is 5.53. The first-order valence-corrected chi connectivity index (χ1v) is 6.09. The number of hydrogen-bond donors (Lipinski definition) is 2. The van der Waals surface area contributed by atoms with E-state index in [0.717, 1.165) is 11.3 Å². The first-order valence-electron chi connectivity index (χ1n) is 3.73. The maximum atomic E-state index is 11.5. The summed E-state index contributed by atoms with van der Waals surface area (Å²) in [6.07, 6.45) is 0. The van der Waals surface area contributed by atoms with Gasteiger partial charge in [-0.15, -0.1) is 11.3 Å². The van der Waals surface area contributed by atoms with E-state index in [1.165, 1.54) is 6.07 Å². The van der Waals surface area contributed by atoms with Crippen molar-refractivity contribution in [2.75, 3.05) is 6.61 Å². The molecule has 1 aromatic heterocycles. The SMILES string of the molecule is C[C@H](CO)NS(=O)(=O)c1cccs1. The van der Waals surface area contributed by atoms with Gasteiger partial charge in [-0.2, -0.15) is 0 Å². The molecule has 0 saturated heterocycles. The molecule has 0 amide bonds. The van der Waals surface area contributed by atoms with Crippen LogP contribution in [-0.2, 0) is 10.0 Å². The minimum atomic E-state index is -3.42. The number of sulfonamides is 1. The number of rotatable bonds is 4. The van der Waals surface area contributed by atoms with E-state index in [0.29, 0.717) is 0 Å². The molecular weight excluding hydrogens is 210 g/mol. The fourth-order valence-electron chi connectivity index (χ4n) is 0.777. The van der Waals surface area contributed by atoms with Gasteiger partial charge in [-0.05, 0) is 18.4 Å². The number of thiophene rings is 1. The van der Waals surface area contributed by atoms with Crippen LogP contribution in [0.2, 0.25) is 0 Å². The third kappa shape index (κ3) is 2.77. The van der Waals surface area contributed by atoms with Crippen molar-refractivity contribution >= 4 is 21.4 Å². The number of aliphatic hydroxyl groups is 1. The van der Waals surface area contributed by atoms with Gasteiger partial charge in [-0.3, -0.25) is 0 Å². The smallest absolute Gasteiger partial charge is 0.250 e. The van der Waals surface area contributed by atoms with Crippen LogP contribution in [0, 0.1) is 0 Å². The third-order valence-corrected chi connectivity index (χ3v) is 4.38. The highest BCUT2D eigenvalue weighted by molar-refractivity contribution is 7.91. The molecule has 0 unspecified atom stereocenters. The molecule has 0 aliphatic heterocycles. The van der Waals surface area contributed by atoms with E-state index in [4.69, 9.17) is 5.11 Å². The molecule has 2 N–H and O–H groups in total. The lowest BCUT2D eigenvalue weighted by atomic mass is 10.4. The number of nitrogens with one attached hydrogen (secondary N) is 1. The van der Waals surface area contributed by atoms with Crippen LogP contribution in [0.15, 0.2) is 21.7 Å². The maximum Gasteiger partial charge on any atom is 0.250 e. The monoisotopic (exact) mass is 221 g/mol. The lowest BCUT2D eigenvalue weighted by molar-refractivity contribution is 0.265. The van der Waals surface area contributed by atoms with Gasteiger partial charge < -0.3 is 5.11 Å². The highest BCUT2D eigenvalue weighted by Gasteiger charge is 2.17. The average Bonchev–Trinajstić information content (AvgIpc) is 2.55. The largest absolute Gasteiger partial charge is 0.395 e. The minimum Gasteiger partial charge on any atom is -0.395 e. The van der Waals surface area contributed by atoms with Gasteiger partial charge in [0.15, 0.2) is 0 Å². The van der Waals surface area contributed by atoms with E-state index in [9.17, 15) is 8.42 Å². The summed E-state index contributed by atoms with van der Waals surface area (Å²) in [5.74, 6) is 0. The molecule has 0 fully saturated rings. The molecule has 6 heteroatoms. The highest BCUT2D eigenvalue weighted by atomic mass is 32.2. The molecule has 1 heterocycles. The van der Waals surface area contributed by atoms with Crippen molar-refractivity contribution < 1.29 is 13.5 Å². The molecule has 0 spiro atoms. The van der Waals surface area contributed by atoms with Gasteiger partial charge in [-0.25, -0.2) is 13.1 Å². The maximum absolute atomic E-state index is 11.5. The normalized spacial score (nSPS) is 14.3. The third-order valence-electron chi connectivity index (χ3n) is 1.39.